The zero-order valence-corrected chi connectivity index (χ0v) is 11.8. The molecule has 0 saturated carbocycles. The summed E-state index contributed by atoms with van der Waals surface area (Å²) >= 11 is 0. The number of carbonyl (C=O) groups is 2. The van der Waals surface area contributed by atoms with Crippen LogP contribution in [-0.2, 0) is 11.3 Å². The highest BCUT2D eigenvalue weighted by Crippen LogP contribution is 2.19. The van der Waals surface area contributed by atoms with Gasteiger partial charge in [-0.2, -0.15) is 0 Å². The van der Waals surface area contributed by atoms with E-state index in [2.05, 4.69) is 18.6 Å². The van der Waals surface area contributed by atoms with Gasteiger partial charge in [0.2, 0.25) is 5.76 Å². The first kappa shape index (κ1) is 14.1. The lowest BCUT2D eigenvalue weighted by atomic mass is 10.1. The van der Waals surface area contributed by atoms with Crippen LogP contribution in [0.25, 0.3) is 0 Å². The molecular weight excluding hydrogens is 258 g/mol. The van der Waals surface area contributed by atoms with E-state index in [4.69, 9.17) is 4.42 Å². The van der Waals surface area contributed by atoms with Crippen molar-refractivity contribution in [3.05, 3.63) is 47.2 Å². The molecule has 0 radical (unpaired) electrons. The quantitative estimate of drug-likeness (QED) is 0.622. The van der Waals surface area contributed by atoms with E-state index in [0.29, 0.717) is 23.9 Å². The van der Waals surface area contributed by atoms with Gasteiger partial charge in [0, 0.05) is 6.20 Å². The minimum atomic E-state index is -0.512. The molecule has 2 rings (SSSR count). The van der Waals surface area contributed by atoms with Crippen molar-refractivity contribution < 1.29 is 18.7 Å². The van der Waals surface area contributed by atoms with Crippen molar-refractivity contribution in [1.29, 1.82) is 0 Å². The largest absolute Gasteiger partial charge is 0.463 e. The van der Waals surface area contributed by atoms with Gasteiger partial charge in [-0.05, 0) is 29.7 Å². The van der Waals surface area contributed by atoms with Crippen LogP contribution in [0.4, 0.5) is 0 Å². The SMILES string of the molecule is COC(=O)c1ccc(Cn2cc(C(C)C)cc2C=O)o1. The molecule has 106 valence electrons. The van der Waals surface area contributed by atoms with Crippen LogP contribution in [0.3, 0.4) is 0 Å². The molecule has 0 bridgehead atoms. The van der Waals surface area contributed by atoms with Crippen LogP contribution in [0.2, 0.25) is 0 Å². The smallest absolute Gasteiger partial charge is 0.373 e. The van der Waals surface area contributed by atoms with Crippen molar-refractivity contribution in [1.82, 2.24) is 4.57 Å². The van der Waals surface area contributed by atoms with Crippen molar-refractivity contribution in [2.24, 2.45) is 0 Å². The van der Waals surface area contributed by atoms with Crippen LogP contribution in [0.5, 0.6) is 0 Å². The van der Waals surface area contributed by atoms with E-state index in [1.807, 2.05) is 16.8 Å². The third-order valence-corrected chi connectivity index (χ3v) is 3.11. The molecule has 2 heterocycles. The molecule has 0 spiro atoms. The molecule has 0 aromatic carbocycles. The van der Waals surface area contributed by atoms with Gasteiger partial charge >= 0.3 is 5.97 Å². The standard InChI is InChI=1S/C15H17NO4/c1-10(2)11-6-12(9-17)16(7-11)8-13-4-5-14(20-13)15(18)19-3/h4-7,9-10H,8H2,1-3H3. The van der Waals surface area contributed by atoms with Crippen molar-refractivity contribution in [3.63, 3.8) is 0 Å². The highest BCUT2D eigenvalue weighted by Gasteiger charge is 2.13. The molecule has 0 fully saturated rings. The van der Waals surface area contributed by atoms with Crippen molar-refractivity contribution in [2.75, 3.05) is 7.11 Å². The Labute approximate surface area is 117 Å². The summed E-state index contributed by atoms with van der Waals surface area (Å²) in [6.07, 6.45) is 2.74. The predicted octanol–water partition coefficient (Wildman–Crippen LogP) is 2.85. The fourth-order valence-electron chi connectivity index (χ4n) is 1.94. The maximum Gasteiger partial charge on any atom is 0.373 e. The van der Waals surface area contributed by atoms with E-state index in [1.165, 1.54) is 7.11 Å². The molecule has 0 saturated heterocycles. The fraction of sp³-hybridized carbons (Fsp3) is 0.333. The van der Waals surface area contributed by atoms with Crippen LogP contribution in [0.1, 0.15) is 52.1 Å². The Balaban J connectivity index is 2.23. The van der Waals surface area contributed by atoms with Crippen LogP contribution in [0.15, 0.2) is 28.8 Å². The number of rotatable bonds is 5. The molecule has 5 heteroatoms. The summed E-state index contributed by atoms with van der Waals surface area (Å²) in [5, 5.41) is 0. The summed E-state index contributed by atoms with van der Waals surface area (Å²) in [6, 6.07) is 5.13. The molecule has 5 nitrogen and oxygen atoms in total. The first-order valence-electron chi connectivity index (χ1n) is 6.37. The van der Waals surface area contributed by atoms with E-state index in [1.54, 1.807) is 12.1 Å². The lowest BCUT2D eigenvalue weighted by Crippen LogP contribution is -2.02. The van der Waals surface area contributed by atoms with E-state index in [9.17, 15) is 9.59 Å². The summed E-state index contributed by atoms with van der Waals surface area (Å²) in [5.41, 5.74) is 1.68. The minimum absolute atomic E-state index is 0.159. The van der Waals surface area contributed by atoms with E-state index in [0.717, 1.165) is 11.8 Å². The second kappa shape index (κ2) is 5.77. The molecule has 0 atom stereocenters. The Kier molecular flexibility index (Phi) is 4.08. The first-order chi connectivity index (χ1) is 9.55. The molecule has 0 amide bonds. The number of furan rings is 1. The van der Waals surface area contributed by atoms with Crippen molar-refractivity contribution >= 4 is 12.3 Å². The number of aldehydes is 1. The first-order valence-corrected chi connectivity index (χ1v) is 6.37. The zero-order valence-electron chi connectivity index (χ0n) is 11.8. The summed E-state index contributed by atoms with van der Waals surface area (Å²) in [4.78, 5) is 22.4. The highest BCUT2D eigenvalue weighted by atomic mass is 16.5. The van der Waals surface area contributed by atoms with Crippen molar-refractivity contribution in [2.45, 2.75) is 26.3 Å². The molecule has 0 aliphatic heterocycles. The summed E-state index contributed by atoms with van der Waals surface area (Å²) < 4.78 is 11.8. The lowest BCUT2D eigenvalue weighted by Gasteiger charge is -2.03. The Morgan fingerprint density at radius 1 is 1.45 bits per heavy atom. The average molecular weight is 275 g/mol. The molecule has 0 aliphatic rings. The number of nitrogens with zero attached hydrogens (tertiary/aromatic N) is 1. The Morgan fingerprint density at radius 2 is 2.20 bits per heavy atom. The number of carbonyl (C=O) groups excluding carboxylic acids is 2. The Bertz CT molecular complexity index is 622. The van der Waals surface area contributed by atoms with Gasteiger partial charge < -0.3 is 13.7 Å². The fourth-order valence-corrected chi connectivity index (χ4v) is 1.94. The molecule has 0 N–H and O–H groups in total. The average Bonchev–Trinajstić information content (AvgIpc) is 3.05. The van der Waals surface area contributed by atoms with Crippen LogP contribution >= 0.6 is 0 Å². The minimum Gasteiger partial charge on any atom is -0.463 e. The van der Waals surface area contributed by atoms with Gasteiger partial charge in [0.15, 0.2) is 6.29 Å². The van der Waals surface area contributed by atoms with Crippen LogP contribution in [0, 0.1) is 0 Å². The Hall–Kier alpha value is -2.30. The number of hydrogen-bond donors (Lipinski definition) is 0. The number of aromatic nitrogens is 1. The number of hydrogen-bond acceptors (Lipinski definition) is 4. The lowest BCUT2D eigenvalue weighted by molar-refractivity contribution is 0.0562. The van der Waals surface area contributed by atoms with E-state index >= 15 is 0 Å². The predicted molar refractivity (Wildman–Crippen MR) is 73.1 cm³/mol. The van der Waals surface area contributed by atoms with Gasteiger partial charge in [-0.25, -0.2) is 4.79 Å². The molecular formula is C15H17NO4. The molecule has 0 unspecified atom stereocenters. The van der Waals surface area contributed by atoms with Crippen LogP contribution in [-0.4, -0.2) is 23.9 Å². The van der Waals surface area contributed by atoms with Gasteiger partial charge in [-0.3, -0.25) is 4.79 Å². The summed E-state index contributed by atoms with van der Waals surface area (Å²) in [7, 11) is 1.30. The summed E-state index contributed by atoms with van der Waals surface area (Å²) in [6.45, 7) is 4.53. The normalized spacial score (nSPS) is 10.8. The van der Waals surface area contributed by atoms with Gasteiger partial charge in [0.1, 0.15) is 5.76 Å². The third kappa shape index (κ3) is 2.82. The van der Waals surface area contributed by atoms with Crippen LogP contribution < -0.4 is 0 Å². The molecule has 2 aromatic heterocycles. The second-order valence-electron chi connectivity index (χ2n) is 4.86. The van der Waals surface area contributed by atoms with E-state index < -0.39 is 5.97 Å². The maximum absolute atomic E-state index is 11.3. The number of methoxy groups -OCH3 is 1. The van der Waals surface area contributed by atoms with Crippen molar-refractivity contribution in [3.8, 4) is 0 Å². The van der Waals surface area contributed by atoms with Gasteiger partial charge in [0.05, 0.1) is 19.3 Å². The Morgan fingerprint density at radius 3 is 2.80 bits per heavy atom. The number of ether oxygens (including phenoxy) is 1. The third-order valence-electron chi connectivity index (χ3n) is 3.11. The zero-order chi connectivity index (χ0) is 14.7. The molecule has 0 aliphatic carbocycles. The summed E-state index contributed by atoms with van der Waals surface area (Å²) in [5.74, 6) is 0.588. The monoisotopic (exact) mass is 275 g/mol. The van der Waals surface area contributed by atoms with Gasteiger partial charge in [-0.15, -0.1) is 0 Å². The highest BCUT2D eigenvalue weighted by molar-refractivity contribution is 5.86. The topological polar surface area (TPSA) is 61.4 Å². The van der Waals surface area contributed by atoms with Gasteiger partial charge in [0.25, 0.3) is 0 Å². The maximum atomic E-state index is 11.3. The molecule has 20 heavy (non-hydrogen) atoms. The van der Waals surface area contributed by atoms with Gasteiger partial charge in [-0.1, -0.05) is 13.8 Å². The molecule has 2 aromatic rings. The second-order valence-corrected chi connectivity index (χ2v) is 4.86. The van der Waals surface area contributed by atoms with E-state index in [-0.39, 0.29) is 5.76 Å². The number of esters is 1.